The SMILES string of the molecule is Cc1ccc(=O)n(CC(=O)Nc2ccc(C(=O)Nc3nc(C)c(C)s3)cc2)c1. The van der Waals surface area contributed by atoms with Gasteiger partial charge in [-0.3, -0.25) is 19.7 Å². The number of nitrogens with zero attached hydrogens (tertiary/aromatic N) is 2. The van der Waals surface area contributed by atoms with Crippen LogP contribution < -0.4 is 16.2 Å². The zero-order chi connectivity index (χ0) is 20.3. The fourth-order valence-corrected chi connectivity index (χ4v) is 3.34. The molecule has 0 saturated carbocycles. The summed E-state index contributed by atoms with van der Waals surface area (Å²) in [6.07, 6.45) is 1.64. The fraction of sp³-hybridized carbons (Fsp3) is 0.200. The predicted octanol–water partition coefficient (Wildman–Crippen LogP) is 3.12. The van der Waals surface area contributed by atoms with Gasteiger partial charge < -0.3 is 9.88 Å². The number of rotatable bonds is 5. The topological polar surface area (TPSA) is 93.1 Å². The number of pyridine rings is 1. The molecule has 2 amide bonds. The van der Waals surface area contributed by atoms with Gasteiger partial charge in [0.15, 0.2) is 5.13 Å². The smallest absolute Gasteiger partial charge is 0.257 e. The minimum Gasteiger partial charge on any atom is -0.325 e. The second kappa shape index (κ2) is 8.18. The standard InChI is InChI=1S/C20H20N4O3S/c1-12-4-9-18(26)24(10-12)11-17(25)22-16-7-5-15(6-8-16)19(27)23-20-21-13(2)14(3)28-20/h4-10H,11H2,1-3H3,(H,22,25)(H,21,23,27). The van der Waals surface area contributed by atoms with Crippen LogP contribution in [0.15, 0.2) is 47.4 Å². The Kier molecular flexibility index (Phi) is 5.70. The number of amides is 2. The van der Waals surface area contributed by atoms with Gasteiger partial charge in [0.25, 0.3) is 11.5 Å². The van der Waals surface area contributed by atoms with Crippen LogP contribution in [0.4, 0.5) is 10.8 Å². The predicted molar refractivity (Wildman–Crippen MR) is 110 cm³/mol. The van der Waals surface area contributed by atoms with Crippen molar-refractivity contribution in [3.8, 4) is 0 Å². The maximum Gasteiger partial charge on any atom is 0.257 e. The first-order valence-corrected chi connectivity index (χ1v) is 9.46. The number of hydrogen-bond donors (Lipinski definition) is 2. The lowest BCUT2D eigenvalue weighted by atomic mass is 10.2. The Balaban J connectivity index is 1.62. The maximum atomic E-state index is 12.3. The van der Waals surface area contributed by atoms with Crippen LogP contribution in [-0.2, 0) is 11.3 Å². The zero-order valence-electron chi connectivity index (χ0n) is 15.8. The first-order chi connectivity index (χ1) is 13.3. The molecule has 0 fully saturated rings. The minimum absolute atomic E-state index is 0.0779. The minimum atomic E-state index is -0.321. The van der Waals surface area contributed by atoms with Crippen LogP contribution in [0.3, 0.4) is 0 Å². The van der Waals surface area contributed by atoms with Gasteiger partial charge >= 0.3 is 0 Å². The maximum absolute atomic E-state index is 12.3. The molecular weight excluding hydrogens is 376 g/mol. The van der Waals surface area contributed by atoms with Crippen molar-refractivity contribution in [1.29, 1.82) is 0 Å². The van der Waals surface area contributed by atoms with Crippen molar-refractivity contribution in [3.63, 3.8) is 0 Å². The first-order valence-electron chi connectivity index (χ1n) is 8.64. The van der Waals surface area contributed by atoms with E-state index < -0.39 is 0 Å². The third kappa shape index (κ3) is 4.72. The molecule has 0 unspecified atom stereocenters. The van der Waals surface area contributed by atoms with Crippen molar-refractivity contribution in [1.82, 2.24) is 9.55 Å². The summed E-state index contributed by atoms with van der Waals surface area (Å²) in [5, 5.41) is 6.05. The van der Waals surface area contributed by atoms with Crippen LogP contribution in [0.5, 0.6) is 0 Å². The number of hydrogen-bond acceptors (Lipinski definition) is 5. The number of aromatic nitrogens is 2. The van der Waals surface area contributed by atoms with Gasteiger partial charge in [0.1, 0.15) is 6.54 Å². The van der Waals surface area contributed by atoms with E-state index in [1.165, 1.54) is 22.0 Å². The number of benzene rings is 1. The summed E-state index contributed by atoms with van der Waals surface area (Å²) >= 11 is 1.42. The number of nitrogens with one attached hydrogen (secondary N) is 2. The second-order valence-corrected chi connectivity index (χ2v) is 7.62. The number of carbonyl (C=O) groups is 2. The Bertz CT molecular complexity index is 1060. The molecule has 8 heteroatoms. The van der Waals surface area contributed by atoms with Gasteiger partial charge in [-0.25, -0.2) is 4.98 Å². The van der Waals surface area contributed by atoms with E-state index >= 15 is 0 Å². The largest absolute Gasteiger partial charge is 0.325 e. The van der Waals surface area contributed by atoms with Crippen LogP contribution in [0, 0.1) is 20.8 Å². The summed E-state index contributed by atoms with van der Waals surface area (Å²) in [6.45, 7) is 5.62. The molecule has 0 aliphatic heterocycles. The normalized spacial score (nSPS) is 10.5. The highest BCUT2D eigenvalue weighted by atomic mass is 32.1. The Morgan fingerprint density at radius 3 is 2.39 bits per heavy atom. The monoisotopic (exact) mass is 396 g/mol. The molecule has 0 aliphatic carbocycles. The van der Waals surface area contributed by atoms with Gasteiger partial charge in [-0.15, -0.1) is 11.3 Å². The Hall–Kier alpha value is -3.26. The molecule has 2 N–H and O–H groups in total. The van der Waals surface area contributed by atoms with Gasteiger partial charge in [0.2, 0.25) is 5.91 Å². The molecular formula is C20H20N4O3S. The van der Waals surface area contributed by atoms with E-state index in [1.54, 1.807) is 36.5 Å². The van der Waals surface area contributed by atoms with Crippen molar-refractivity contribution in [2.24, 2.45) is 0 Å². The molecule has 0 atom stereocenters. The molecule has 144 valence electrons. The Morgan fingerprint density at radius 1 is 1.04 bits per heavy atom. The van der Waals surface area contributed by atoms with Crippen molar-refractivity contribution in [3.05, 3.63) is 74.6 Å². The highest BCUT2D eigenvalue weighted by Crippen LogP contribution is 2.22. The fourth-order valence-electron chi connectivity index (χ4n) is 2.53. The summed E-state index contributed by atoms with van der Waals surface area (Å²) in [5.41, 5.74) is 2.56. The molecule has 7 nitrogen and oxygen atoms in total. The summed E-state index contributed by atoms with van der Waals surface area (Å²) in [5.74, 6) is -0.587. The molecule has 0 radical (unpaired) electrons. The van der Waals surface area contributed by atoms with Crippen molar-refractivity contribution < 1.29 is 9.59 Å². The van der Waals surface area contributed by atoms with Gasteiger partial charge in [0.05, 0.1) is 5.69 Å². The average molecular weight is 396 g/mol. The van der Waals surface area contributed by atoms with Crippen molar-refractivity contribution in [2.45, 2.75) is 27.3 Å². The van der Waals surface area contributed by atoms with E-state index in [4.69, 9.17) is 0 Å². The lowest BCUT2D eigenvalue weighted by molar-refractivity contribution is -0.116. The van der Waals surface area contributed by atoms with Crippen molar-refractivity contribution in [2.75, 3.05) is 10.6 Å². The lowest BCUT2D eigenvalue weighted by Crippen LogP contribution is -2.26. The van der Waals surface area contributed by atoms with Gasteiger partial charge in [0, 0.05) is 28.4 Å². The third-order valence-electron chi connectivity index (χ3n) is 4.13. The highest BCUT2D eigenvalue weighted by molar-refractivity contribution is 7.15. The van der Waals surface area contributed by atoms with E-state index in [2.05, 4.69) is 15.6 Å². The molecule has 0 bridgehead atoms. The summed E-state index contributed by atoms with van der Waals surface area (Å²) < 4.78 is 1.35. The molecule has 28 heavy (non-hydrogen) atoms. The number of thiazole rings is 1. The first kappa shape index (κ1) is 19.5. The molecule has 2 heterocycles. The lowest BCUT2D eigenvalue weighted by Gasteiger charge is -2.09. The molecule has 0 spiro atoms. The molecule has 0 aliphatic rings. The second-order valence-electron chi connectivity index (χ2n) is 6.41. The molecule has 3 rings (SSSR count). The van der Waals surface area contributed by atoms with Crippen LogP contribution in [0.25, 0.3) is 0 Å². The van der Waals surface area contributed by atoms with E-state index in [-0.39, 0.29) is 23.9 Å². The van der Waals surface area contributed by atoms with Gasteiger partial charge in [-0.05, 0) is 50.6 Å². The zero-order valence-corrected chi connectivity index (χ0v) is 16.6. The highest BCUT2D eigenvalue weighted by Gasteiger charge is 2.11. The average Bonchev–Trinajstić information content (AvgIpc) is 2.96. The number of carbonyl (C=O) groups excluding carboxylic acids is 2. The van der Waals surface area contributed by atoms with Crippen LogP contribution in [-0.4, -0.2) is 21.4 Å². The Labute approximate surface area is 166 Å². The van der Waals surface area contributed by atoms with Crippen LogP contribution >= 0.6 is 11.3 Å². The van der Waals surface area contributed by atoms with Crippen LogP contribution in [0.2, 0.25) is 0 Å². The number of aryl methyl sites for hydroxylation is 3. The summed E-state index contributed by atoms with van der Waals surface area (Å²) in [4.78, 5) is 41.6. The molecule has 1 aromatic carbocycles. The van der Waals surface area contributed by atoms with E-state index in [9.17, 15) is 14.4 Å². The summed E-state index contributed by atoms with van der Waals surface area (Å²) in [6, 6.07) is 9.67. The molecule has 3 aromatic rings. The molecule has 0 saturated heterocycles. The van der Waals surface area contributed by atoms with Crippen LogP contribution in [0.1, 0.15) is 26.5 Å². The Morgan fingerprint density at radius 2 is 1.75 bits per heavy atom. The van der Waals surface area contributed by atoms with Gasteiger partial charge in [-0.1, -0.05) is 6.07 Å². The third-order valence-corrected chi connectivity index (χ3v) is 5.11. The quantitative estimate of drug-likeness (QED) is 0.693. The number of anilines is 2. The van der Waals surface area contributed by atoms with Gasteiger partial charge in [-0.2, -0.15) is 0 Å². The van der Waals surface area contributed by atoms with E-state index in [0.29, 0.717) is 16.4 Å². The molecule has 2 aromatic heterocycles. The van der Waals surface area contributed by atoms with Crippen molar-refractivity contribution >= 4 is 34.0 Å². The van der Waals surface area contributed by atoms with E-state index in [0.717, 1.165) is 16.1 Å². The van der Waals surface area contributed by atoms with E-state index in [1.807, 2.05) is 20.8 Å². The summed E-state index contributed by atoms with van der Waals surface area (Å²) in [7, 11) is 0.